The molecule has 0 radical (unpaired) electrons. The summed E-state index contributed by atoms with van der Waals surface area (Å²) in [7, 11) is 3.02. The van der Waals surface area contributed by atoms with Gasteiger partial charge in [-0.25, -0.2) is 14.1 Å². The molecule has 0 aliphatic carbocycles. The zero-order chi connectivity index (χ0) is 23.8. The second-order valence-electron chi connectivity index (χ2n) is 6.66. The Bertz CT molecular complexity index is 1300. The number of nitrogens with zero attached hydrogens (tertiary/aromatic N) is 5. The number of nitriles is 2. The van der Waals surface area contributed by atoms with Crippen LogP contribution in [-0.4, -0.2) is 41.9 Å². The second kappa shape index (κ2) is 10.7. The zero-order valence-corrected chi connectivity index (χ0v) is 18.0. The van der Waals surface area contributed by atoms with Gasteiger partial charge in [0.25, 0.3) is 0 Å². The van der Waals surface area contributed by atoms with E-state index in [2.05, 4.69) is 16.2 Å². The van der Waals surface area contributed by atoms with Crippen molar-refractivity contribution in [2.75, 3.05) is 20.8 Å². The highest BCUT2D eigenvalue weighted by atomic mass is 19.1. The van der Waals surface area contributed by atoms with Crippen LogP contribution in [0.15, 0.2) is 47.5 Å². The summed E-state index contributed by atoms with van der Waals surface area (Å²) in [5.74, 6) is 0.676. The maximum atomic E-state index is 14.0. The van der Waals surface area contributed by atoms with Gasteiger partial charge in [0.2, 0.25) is 0 Å². The topological polar surface area (TPSA) is 116 Å². The first-order valence-corrected chi connectivity index (χ1v) is 9.80. The van der Waals surface area contributed by atoms with Crippen molar-refractivity contribution in [3.63, 3.8) is 0 Å². The molecule has 3 rings (SSSR count). The normalized spacial score (nSPS) is 11.3. The minimum Gasteiger partial charge on any atom is -0.497 e. The van der Waals surface area contributed by atoms with Crippen LogP contribution in [0.1, 0.15) is 22.4 Å². The van der Waals surface area contributed by atoms with Crippen LogP contribution in [-0.2, 0) is 6.54 Å². The van der Waals surface area contributed by atoms with E-state index in [9.17, 15) is 20.0 Å². The molecule has 33 heavy (non-hydrogen) atoms. The number of rotatable bonds is 8. The van der Waals surface area contributed by atoms with Gasteiger partial charge in [-0.1, -0.05) is 18.2 Å². The standard InChI is InChI=1S/C24H20FN5O3/c1-32-19-7-8-22(33-2)17(12-19)11-18(13-26)23-20(14-27)24(30(29-23)9-10-31)28-15-16-5-3-4-6-21(16)25/h3-8,11-12,15,31H,9-10H2,1-2H3/b18-11+,28-15+. The molecule has 0 saturated carbocycles. The molecule has 0 atom stereocenters. The maximum Gasteiger partial charge on any atom is 0.169 e. The summed E-state index contributed by atoms with van der Waals surface area (Å²) in [6.45, 7) is -0.247. The Hall–Kier alpha value is -4.47. The number of aliphatic imine (C=N–C) groups is 1. The lowest BCUT2D eigenvalue weighted by molar-refractivity contribution is 0.270. The maximum absolute atomic E-state index is 14.0. The van der Waals surface area contributed by atoms with Gasteiger partial charge in [-0.3, -0.25) is 0 Å². The van der Waals surface area contributed by atoms with Crippen LogP contribution in [0.2, 0.25) is 0 Å². The molecule has 2 aromatic carbocycles. The van der Waals surface area contributed by atoms with Crippen molar-refractivity contribution >= 4 is 23.7 Å². The van der Waals surface area contributed by atoms with Crippen molar-refractivity contribution in [2.45, 2.75) is 6.54 Å². The molecule has 0 spiro atoms. The number of aliphatic hydroxyl groups is 1. The lowest BCUT2D eigenvalue weighted by atomic mass is 10.0. The fourth-order valence-electron chi connectivity index (χ4n) is 3.10. The van der Waals surface area contributed by atoms with E-state index in [1.807, 2.05) is 6.07 Å². The van der Waals surface area contributed by atoms with Gasteiger partial charge in [0.15, 0.2) is 5.82 Å². The number of benzene rings is 2. The molecule has 1 heterocycles. The monoisotopic (exact) mass is 445 g/mol. The van der Waals surface area contributed by atoms with Gasteiger partial charge in [-0.2, -0.15) is 15.6 Å². The van der Waals surface area contributed by atoms with Gasteiger partial charge in [-0.15, -0.1) is 0 Å². The largest absolute Gasteiger partial charge is 0.497 e. The summed E-state index contributed by atoms with van der Waals surface area (Å²) in [6, 6.07) is 15.2. The van der Waals surface area contributed by atoms with Crippen LogP contribution in [0.5, 0.6) is 11.5 Å². The number of hydrogen-bond donors (Lipinski definition) is 1. The summed E-state index contributed by atoms with van der Waals surface area (Å²) in [6.07, 6.45) is 2.80. The van der Waals surface area contributed by atoms with Crippen LogP contribution in [0, 0.1) is 28.5 Å². The van der Waals surface area contributed by atoms with Gasteiger partial charge in [-0.05, 0) is 30.3 Å². The average molecular weight is 445 g/mol. The first-order chi connectivity index (χ1) is 16.1. The lowest BCUT2D eigenvalue weighted by Gasteiger charge is -2.07. The summed E-state index contributed by atoms with van der Waals surface area (Å²) >= 11 is 0. The Labute approximate surface area is 190 Å². The van der Waals surface area contributed by atoms with E-state index >= 15 is 0 Å². The lowest BCUT2D eigenvalue weighted by Crippen LogP contribution is -2.04. The molecule has 0 aliphatic heterocycles. The molecule has 9 heteroatoms. The number of methoxy groups -OCH3 is 2. The summed E-state index contributed by atoms with van der Waals surface area (Å²) < 4.78 is 25.9. The van der Waals surface area contributed by atoms with Crippen LogP contribution in [0.25, 0.3) is 11.6 Å². The summed E-state index contributed by atoms with van der Waals surface area (Å²) in [5, 5.41) is 33.4. The van der Waals surface area contributed by atoms with E-state index < -0.39 is 5.82 Å². The first-order valence-electron chi connectivity index (χ1n) is 9.80. The van der Waals surface area contributed by atoms with E-state index in [0.717, 1.165) is 0 Å². The molecule has 0 bridgehead atoms. The van der Waals surface area contributed by atoms with Crippen molar-refractivity contribution in [3.8, 4) is 23.6 Å². The third kappa shape index (κ3) is 5.06. The molecule has 0 saturated heterocycles. The number of aliphatic hydroxyl groups excluding tert-OH is 1. The van der Waals surface area contributed by atoms with Gasteiger partial charge in [0.05, 0.1) is 32.9 Å². The number of halogens is 1. The number of ether oxygens (including phenoxy) is 2. The van der Waals surface area contributed by atoms with Gasteiger partial charge in [0.1, 0.15) is 40.7 Å². The Morgan fingerprint density at radius 1 is 1.18 bits per heavy atom. The molecule has 3 aromatic rings. The molecule has 1 aromatic heterocycles. The highest BCUT2D eigenvalue weighted by molar-refractivity contribution is 5.93. The Kier molecular flexibility index (Phi) is 7.53. The van der Waals surface area contributed by atoms with Gasteiger partial charge >= 0.3 is 0 Å². The zero-order valence-electron chi connectivity index (χ0n) is 18.0. The molecular weight excluding hydrogens is 425 g/mol. The fraction of sp³-hybridized carbons (Fsp3) is 0.167. The minimum absolute atomic E-state index is 0.0192. The molecule has 1 N–H and O–H groups in total. The summed E-state index contributed by atoms with van der Waals surface area (Å²) in [4.78, 5) is 4.25. The van der Waals surface area contributed by atoms with Crippen molar-refractivity contribution in [1.82, 2.24) is 9.78 Å². The Morgan fingerprint density at radius 3 is 2.61 bits per heavy atom. The van der Waals surface area contributed by atoms with Crippen molar-refractivity contribution < 1.29 is 19.0 Å². The predicted octanol–water partition coefficient (Wildman–Crippen LogP) is 3.72. The smallest absolute Gasteiger partial charge is 0.169 e. The first kappa shape index (κ1) is 23.2. The van der Waals surface area contributed by atoms with Gasteiger partial charge in [0, 0.05) is 17.3 Å². The molecule has 0 fully saturated rings. The second-order valence-corrected chi connectivity index (χ2v) is 6.66. The number of hydrogen-bond acceptors (Lipinski definition) is 7. The highest BCUT2D eigenvalue weighted by Crippen LogP contribution is 2.32. The summed E-state index contributed by atoms with van der Waals surface area (Å²) in [5.41, 5.74) is 0.948. The minimum atomic E-state index is -0.476. The Balaban J connectivity index is 2.16. The van der Waals surface area contributed by atoms with E-state index in [0.29, 0.717) is 17.1 Å². The van der Waals surface area contributed by atoms with E-state index in [1.165, 1.54) is 43.3 Å². The van der Waals surface area contributed by atoms with Crippen molar-refractivity contribution in [3.05, 3.63) is 70.7 Å². The van der Waals surface area contributed by atoms with Crippen molar-refractivity contribution in [2.24, 2.45) is 4.99 Å². The van der Waals surface area contributed by atoms with Crippen LogP contribution >= 0.6 is 0 Å². The third-order valence-electron chi connectivity index (χ3n) is 4.69. The van der Waals surface area contributed by atoms with Crippen molar-refractivity contribution in [1.29, 1.82) is 10.5 Å². The van der Waals surface area contributed by atoms with E-state index in [4.69, 9.17) is 9.47 Å². The Morgan fingerprint density at radius 2 is 1.97 bits per heavy atom. The molecule has 0 unspecified atom stereocenters. The van der Waals surface area contributed by atoms with E-state index in [1.54, 1.807) is 30.3 Å². The highest BCUT2D eigenvalue weighted by Gasteiger charge is 2.21. The SMILES string of the molecule is COc1ccc(OC)c(/C=C(\C#N)c2nn(CCO)c(/N=C/c3ccccc3F)c2C#N)c1. The van der Waals surface area contributed by atoms with Gasteiger partial charge < -0.3 is 14.6 Å². The fourth-order valence-corrected chi connectivity index (χ4v) is 3.10. The van der Waals surface area contributed by atoms with Crippen LogP contribution < -0.4 is 9.47 Å². The quantitative estimate of drug-likeness (QED) is 0.417. The number of allylic oxidation sites excluding steroid dienone is 1. The average Bonchev–Trinajstić information content (AvgIpc) is 3.18. The molecule has 166 valence electrons. The molecule has 8 nitrogen and oxygen atoms in total. The third-order valence-corrected chi connectivity index (χ3v) is 4.69. The molecule has 0 amide bonds. The van der Waals surface area contributed by atoms with Crippen LogP contribution in [0.4, 0.5) is 10.2 Å². The molecule has 0 aliphatic rings. The molecular formula is C24H20FN5O3. The predicted molar refractivity (Wildman–Crippen MR) is 121 cm³/mol. The number of aromatic nitrogens is 2. The van der Waals surface area contributed by atoms with E-state index in [-0.39, 0.29) is 41.4 Å². The van der Waals surface area contributed by atoms with Crippen LogP contribution in [0.3, 0.4) is 0 Å².